The molecule has 0 amide bonds. The molecule has 19 heavy (non-hydrogen) atoms. The summed E-state index contributed by atoms with van der Waals surface area (Å²) in [7, 11) is 0. The summed E-state index contributed by atoms with van der Waals surface area (Å²) in [6.07, 6.45) is 4.52. The van der Waals surface area contributed by atoms with Gasteiger partial charge in [0.2, 0.25) is 0 Å². The number of hydrogen-bond donors (Lipinski definition) is 1. The Kier molecular flexibility index (Phi) is 4.32. The van der Waals surface area contributed by atoms with Gasteiger partial charge in [-0.3, -0.25) is 0 Å². The third kappa shape index (κ3) is 3.58. The molecular formula is C17H27NO. The maximum absolute atomic E-state index is 6.12. The molecule has 2 rings (SSSR count). The SMILES string of the molecule is CCCc1ccc(C2(CCC(C)(C)N)COC2)cc1. The Morgan fingerprint density at radius 2 is 1.84 bits per heavy atom. The maximum Gasteiger partial charge on any atom is 0.0585 e. The molecular weight excluding hydrogens is 234 g/mol. The summed E-state index contributed by atoms with van der Waals surface area (Å²) in [4.78, 5) is 0. The largest absolute Gasteiger partial charge is 0.379 e. The van der Waals surface area contributed by atoms with Gasteiger partial charge in [-0.25, -0.2) is 0 Å². The summed E-state index contributed by atoms with van der Waals surface area (Å²) < 4.78 is 5.49. The van der Waals surface area contributed by atoms with Gasteiger partial charge in [0.05, 0.1) is 13.2 Å². The van der Waals surface area contributed by atoms with Crippen molar-refractivity contribution >= 4 is 0 Å². The van der Waals surface area contributed by atoms with Crippen LogP contribution < -0.4 is 5.73 Å². The van der Waals surface area contributed by atoms with Crippen LogP contribution in [0.5, 0.6) is 0 Å². The van der Waals surface area contributed by atoms with Crippen LogP contribution in [0.15, 0.2) is 24.3 Å². The smallest absolute Gasteiger partial charge is 0.0585 e. The van der Waals surface area contributed by atoms with Gasteiger partial charge < -0.3 is 10.5 Å². The highest BCUT2D eigenvalue weighted by Gasteiger charge is 2.40. The van der Waals surface area contributed by atoms with E-state index in [9.17, 15) is 0 Å². The molecule has 0 unspecified atom stereocenters. The van der Waals surface area contributed by atoms with E-state index in [0.717, 1.165) is 26.1 Å². The minimum absolute atomic E-state index is 0.0925. The molecule has 2 N–H and O–H groups in total. The Morgan fingerprint density at radius 3 is 2.26 bits per heavy atom. The molecule has 1 fully saturated rings. The zero-order chi connectivity index (χ0) is 13.9. The van der Waals surface area contributed by atoms with Crippen LogP contribution in [0.2, 0.25) is 0 Å². The minimum atomic E-state index is -0.0925. The quantitative estimate of drug-likeness (QED) is 0.851. The lowest BCUT2D eigenvalue weighted by atomic mass is 9.73. The lowest BCUT2D eigenvalue weighted by Crippen LogP contribution is -2.48. The van der Waals surface area contributed by atoms with Crippen molar-refractivity contribution in [3.63, 3.8) is 0 Å². The minimum Gasteiger partial charge on any atom is -0.379 e. The molecule has 0 aromatic heterocycles. The van der Waals surface area contributed by atoms with Crippen molar-refractivity contribution in [2.45, 2.75) is 57.4 Å². The van der Waals surface area contributed by atoms with Crippen LogP contribution >= 0.6 is 0 Å². The molecule has 0 radical (unpaired) electrons. The van der Waals surface area contributed by atoms with E-state index in [1.807, 2.05) is 0 Å². The maximum atomic E-state index is 6.12. The predicted octanol–water partition coefficient (Wildman–Crippen LogP) is 3.42. The van der Waals surface area contributed by atoms with Crippen molar-refractivity contribution in [3.8, 4) is 0 Å². The zero-order valence-corrected chi connectivity index (χ0v) is 12.5. The van der Waals surface area contributed by atoms with Crippen LogP contribution in [-0.2, 0) is 16.6 Å². The number of ether oxygens (including phenoxy) is 1. The van der Waals surface area contributed by atoms with Crippen molar-refractivity contribution < 1.29 is 4.74 Å². The molecule has 1 heterocycles. The first kappa shape index (κ1) is 14.5. The fourth-order valence-corrected chi connectivity index (χ4v) is 2.68. The molecule has 2 heteroatoms. The molecule has 2 nitrogen and oxygen atoms in total. The van der Waals surface area contributed by atoms with Gasteiger partial charge in [0.1, 0.15) is 0 Å². The molecule has 1 aliphatic rings. The van der Waals surface area contributed by atoms with Crippen LogP contribution in [0.1, 0.15) is 51.2 Å². The summed E-state index contributed by atoms with van der Waals surface area (Å²) >= 11 is 0. The molecule has 0 spiro atoms. The van der Waals surface area contributed by atoms with Crippen molar-refractivity contribution in [1.29, 1.82) is 0 Å². The van der Waals surface area contributed by atoms with Crippen LogP contribution in [0.25, 0.3) is 0 Å². The normalized spacial score (nSPS) is 18.1. The summed E-state index contributed by atoms with van der Waals surface area (Å²) in [5.74, 6) is 0. The average Bonchev–Trinajstić information content (AvgIpc) is 2.28. The molecule has 0 saturated carbocycles. The van der Waals surface area contributed by atoms with Crippen molar-refractivity contribution in [2.24, 2.45) is 5.73 Å². The first-order chi connectivity index (χ1) is 8.95. The molecule has 1 saturated heterocycles. The second kappa shape index (κ2) is 5.64. The van der Waals surface area contributed by atoms with E-state index in [0.29, 0.717) is 0 Å². The number of rotatable bonds is 6. The highest BCUT2D eigenvalue weighted by atomic mass is 16.5. The van der Waals surface area contributed by atoms with Crippen LogP contribution in [0, 0.1) is 0 Å². The van der Waals surface area contributed by atoms with Crippen molar-refractivity contribution in [2.75, 3.05) is 13.2 Å². The lowest BCUT2D eigenvalue weighted by molar-refractivity contribution is -0.0669. The number of hydrogen-bond acceptors (Lipinski definition) is 2. The van der Waals surface area contributed by atoms with E-state index >= 15 is 0 Å². The summed E-state index contributed by atoms with van der Waals surface area (Å²) in [6, 6.07) is 9.12. The van der Waals surface area contributed by atoms with E-state index in [2.05, 4.69) is 45.0 Å². The van der Waals surface area contributed by atoms with E-state index < -0.39 is 0 Å². The third-order valence-electron chi connectivity index (χ3n) is 4.11. The first-order valence-electron chi connectivity index (χ1n) is 7.41. The Balaban J connectivity index is 2.08. The summed E-state index contributed by atoms with van der Waals surface area (Å²) in [6.45, 7) is 8.11. The average molecular weight is 261 g/mol. The first-order valence-corrected chi connectivity index (χ1v) is 7.41. The Bertz CT molecular complexity index is 398. The fraction of sp³-hybridized carbons (Fsp3) is 0.647. The van der Waals surface area contributed by atoms with Gasteiger partial charge >= 0.3 is 0 Å². The lowest BCUT2D eigenvalue weighted by Gasteiger charge is -2.43. The van der Waals surface area contributed by atoms with E-state index in [-0.39, 0.29) is 11.0 Å². The molecule has 0 bridgehead atoms. The van der Waals surface area contributed by atoms with Crippen LogP contribution in [-0.4, -0.2) is 18.8 Å². The second-order valence-corrected chi connectivity index (χ2v) is 6.71. The van der Waals surface area contributed by atoms with E-state index in [1.54, 1.807) is 0 Å². The van der Waals surface area contributed by atoms with E-state index in [1.165, 1.54) is 24.0 Å². The highest BCUT2D eigenvalue weighted by molar-refractivity contribution is 5.31. The third-order valence-corrected chi connectivity index (χ3v) is 4.11. The van der Waals surface area contributed by atoms with Gasteiger partial charge in [-0.2, -0.15) is 0 Å². The molecule has 0 aliphatic carbocycles. The fourth-order valence-electron chi connectivity index (χ4n) is 2.68. The molecule has 1 aromatic rings. The standard InChI is InChI=1S/C17H27NO/c1-4-5-14-6-8-15(9-7-14)17(12-19-13-17)11-10-16(2,3)18/h6-9H,4-5,10-13,18H2,1-3H3. The predicted molar refractivity (Wildman–Crippen MR) is 80.4 cm³/mol. The van der Waals surface area contributed by atoms with Gasteiger partial charge in [-0.15, -0.1) is 0 Å². The van der Waals surface area contributed by atoms with Gasteiger partial charge in [0, 0.05) is 11.0 Å². The number of nitrogens with two attached hydrogens (primary N) is 1. The topological polar surface area (TPSA) is 35.2 Å². The number of aryl methyl sites for hydroxylation is 1. The van der Waals surface area contributed by atoms with Gasteiger partial charge in [-0.05, 0) is 44.2 Å². The van der Waals surface area contributed by atoms with E-state index in [4.69, 9.17) is 10.5 Å². The van der Waals surface area contributed by atoms with Gasteiger partial charge in [0.15, 0.2) is 0 Å². The Morgan fingerprint density at radius 1 is 1.21 bits per heavy atom. The van der Waals surface area contributed by atoms with Gasteiger partial charge in [0.25, 0.3) is 0 Å². The zero-order valence-electron chi connectivity index (χ0n) is 12.5. The Hall–Kier alpha value is -0.860. The van der Waals surface area contributed by atoms with Crippen LogP contribution in [0.4, 0.5) is 0 Å². The summed E-state index contributed by atoms with van der Waals surface area (Å²) in [5, 5.41) is 0. The van der Waals surface area contributed by atoms with Crippen LogP contribution in [0.3, 0.4) is 0 Å². The van der Waals surface area contributed by atoms with Crippen molar-refractivity contribution in [3.05, 3.63) is 35.4 Å². The highest BCUT2D eigenvalue weighted by Crippen LogP contribution is 2.38. The Labute approximate surface area is 117 Å². The monoisotopic (exact) mass is 261 g/mol. The molecule has 1 aliphatic heterocycles. The molecule has 1 aromatic carbocycles. The van der Waals surface area contributed by atoms with Gasteiger partial charge in [-0.1, -0.05) is 37.6 Å². The number of benzene rings is 1. The molecule has 0 atom stereocenters. The second-order valence-electron chi connectivity index (χ2n) is 6.71. The summed E-state index contributed by atoms with van der Waals surface area (Å²) in [5.41, 5.74) is 9.09. The van der Waals surface area contributed by atoms with Crippen molar-refractivity contribution in [1.82, 2.24) is 0 Å². The molecule has 106 valence electrons.